The number of methoxy groups -OCH3 is 1. The lowest BCUT2D eigenvalue weighted by molar-refractivity contribution is -0.133. The zero-order valence-electron chi connectivity index (χ0n) is 21.9. The number of aliphatic hydroxyl groups is 2. The fourth-order valence-corrected chi connectivity index (χ4v) is 4.90. The van der Waals surface area contributed by atoms with Crippen LogP contribution in [0.4, 0.5) is 0 Å². The van der Waals surface area contributed by atoms with Gasteiger partial charge in [0.1, 0.15) is 23.7 Å². The molecule has 0 radical (unpaired) electrons. The molecule has 2 amide bonds. The molecule has 2 aromatic carbocycles. The summed E-state index contributed by atoms with van der Waals surface area (Å²) in [5, 5.41) is 23.4. The van der Waals surface area contributed by atoms with Gasteiger partial charge < -0.3 is 29.9 Å². The Morgan fingerprint density at radius 1 is 1.13 bits per heavy atom. The first kappa shape index (κ1) is 29.7. The van der Waals surface area contributed by atoms with Gasteiger partial charge in [-0.05, 0) is 72.7 Å². The summed E-state index contributed by atoms with van der Waals surface area (Å²) in [5.41, 5.74) is 2.14. The number of halogens is 1. The molecule has 1 aliphatic rings. The zero-order valence-corrected chi connectivity index (χ0v) is 24.1. The second kappa shape index (κ2) is 14.3. The zero-order chi connectivity index (χ0) is 27.7. The number of ether oxygens (including phenoxy) is 2. The number of allylic oxidation sites excluding steroid dienone is 1. The number of amides is 2. The standard InChI is InChI=1S/C29H35IN2O6/c1-19(2)16-27(34)32(14-12-20-8-4-6-10-24(20)37-3)23-17-21(29(36)31-13-15-33)18-26(28(23)35)38-25-11-7-5-9-22(25)30/h4-11,16,18,23,26,28,33,35H,12-15,17H2,1-3H3,(H,31,36)/t23-,26+,28+/m1/s1. The molecule has 0 aliphatic heterocycles. The van der Waals surface area contributed by atoms with E-state index >= 15 is 0 Å². The molecule has 3 N–H and O–H groups in total. The molecular formula is C29H35IN2O6. The minimum Gasteiger partial charge on any atom is -0.496 e. The molecule has 2 aromatic rings. The number of hydrogen-bond donors (Lipinski definition) is 3. The molecule has 0 saturated heterocycles. The fraction of sp³-hybridized carbons (Fsp3) is 0.379. The van der Waals surface area contributed by atoms with Crippen molar-refractivity contribution in [1.29, 1.82) is 0 Å². The number of hydrogen-bond acceptors (Lipinski definition) is 6. The maximum absolute atomic E-state index is 13.5. The van der Waals surface area contributed by atoms with Crippen LogP contribution in [-0.2, 0) is 16.0 Å². The van der Waals surface area contributed by atoms with Crippen molar-refractivity contribution in [3.63, 3.8) is 0 Å². The average molecular weight is 635 g/mol. The second-order valence-electron chi connectivity index (χ2n) is 9.26. The van der Waals surface area contributed by atoms with E-state index in [1.807, 2.05) is 56.3 Å². The summed E-state index contributed by atoms with van der Waals surface area (Å²) in [4.78, 5) is 28.0. The summed E-state index contributed by atoms with van der Waals surface area (Å²) in [6.45, 7) is 3.87. The maximum Gasteiger partial charge on any atom is 0.247 e. The Morgan fingerprint density at radius 2 is 1.82 bits per heavy atom. The molecule has 0 heterocycles. The number of carbonyl (C=O) groups is 2. The SMILES string of the molecule is COc1ccccc1CCN(C(=O)C=C(C)C)[C@@H]1CC(C(=O)NCCO)=C[C@H](Oc2ccccc2I)[C@H]1O. The Labute approximate surface area is 237 Å². The Bertz CT molecular complexity index is 1180. The third kappa shape index (κ3) is 7.81. The molecule has 9 heteroatoms. The summed E-state index contributed by atoms with van der Waals surface area (Å²) in [5.74, 6) is 0.663. The number of aliphatic hydroxyl groups excluding tert-OH is 2. The van der Waals surface area contributed by atoms with E-state index in [4.69, 9.17) is 9.47 Å². The van der Waals surface area contributed by atoms with Gasteiger partial charge in [0.25, 0.3) is 0 Å². The van der Waals surface area contributed by atoms with Crippen LogP contribution in [0.1, 0.15) is 25.8 Å². The third-order valence-electron chi connectivity index (χ3n) is 6.22. The van der Waals surface area contributed by atoms with Crippen molar-refractivity contribution in [2.24, 2.45) is 0 Å². The highest BCUT2D eigenvalue weighted by atomic mass is 127. The highest BCUT2D eigenvalue weighted by Gasteiger charge is 2.40. The molecule has 0 saturated carbocycles. The molecule has 0 bridgehead atoms. The number of carbonyl (C=O) groups excluding carboxylic acids is 2. The van der Waals surface area contributed by atoms with Crippen molar-refractivity contribution in [1.82, 2.24) is 10.2 Å². The fourth-order valence-electron chi connectivity index (χ4n) is 4.39. The molecule has 1 aliphatic carbocycles. The average Bonchev–Trinajstić information content (AvgIpc) is 2.90. The van der Waals surface area contributed by atoms with Crippen LogP contribution in [0, 0.1) is 3.57 Å². The highest BCUT2D eigenvalue weighted by molar-refractivity contribution is 14.1. The van der Waals surface area contributed by atoms with E-state index < -0.39 is 18.2 Å². The van der Waals surface area contributed by atoms with Crippen molar-refractivity contribution in [3.05, 3.63) is 81.0 Å². The van der Waals surface area contributed by atoms with Gasteiger partial charge in [-0.3, -0.25) is 9.59 Å². The number of benzene rings is 2. The number of nitrogens with one attached hydrogen (secondary N) is 1. The lowest BCUT2D eigenvalue weighted by atomic mass is 9.87. The van der Waals surface area contributed by atoms with Gasteiger partial charge in [0.15, 0.2) is 0 Å². The van der Waals surface area contributed by atoms with Crippen LogP contribution >= 0.6 is 22.6 Å². The third-order valence-corrected chi connectivity index (χ3v) is 7.12. The van der Waals surface area contributed by atoms with Crippen molar-refractivity contribution in [2.45, 2.75) is 44.9 Å². The molecule has 3 rings (SSSR count). The molecule has 3 atom stereocenters. The molecule has 0 fully saturated rings. The van der Waals surface area contributed by atoms with Gasteiger partial charge in [-0.15, -0.1) is 0 Å². The quantitative estimate of drug-likeness (QED) is 0.259. The highest BCUT2D eigenvalue weighted by Crippen LogP contribution is 2.30. The smallest absolute Gasteiger partial charge is 0.247 e. The first-order valence-corrected chi connectivity index (χ1v) is 13.6. The Morgan fingerprint density at radius 3 is 2.47 bits per heavy atom. The van der Waals surface area contributed by atoms with Crippen molar-refractivity contribution < 1.29 is 29.3 Å². The van der Waals surface area contributed by atoms with Crippen molar-refractivity contribution in [2.75, 3.05) is 26.8 Å². The van der Waals surface area contributed by atoms with E-state index in [9.17, 15) is 19.8 Å². The predicted molar refractivity (Wildman–Crippen MR) is 154 cm³/mol. The summed E-state index contributed by atoms with van der Waals surface area (Å²) in [6, 6.07) is 14.3. The van der Waals surface area contributed by atoms with Gasteiger partial charge in [-0.25, -0.2) is 0 Å². The van der Waals surface area contributed by atoms with Crippen molar-refractivity contribution >= 4 is 34.4 Å². The Kier molecular flexibility index (Phi) is 11.2. The van der Waals surface area contributed by atoms with Crippen LogP contribution in [0.15, 0.2) is 71.8 Å². The molecular weight excluding hydrogens is 599 g/mol. The monoisotopic (exact) mass is 634 g/mol. The van der Waals surface area contributed by atoms with Crippen LogP contribution in [0.5, 0.6) is 11.5 Å². The first-order chi connectivity index (χ1) is 18.2. The van der Waals surface area contributed by atoms with Gasteiger partial charge in [0.05, 0.1) is 23.3 Å². The molecule has 38 heavy (non-hydrogen) atoms. The van der Waals surface area contributed by atoms with Crippen LogP contribution < -0.4 is 14.8 Å². The topological polar surface area (TPSA) is 108 Å². The van der Waals surface area contributed by atoms with Crippen LogP contribution in [0.2, 0.25) is 0 Å². The Hall–Kier alpha value is -2.89. The second-order valence-corrected chi connectivity index (χ2v) is 10.4. The van der Waals surface area contributed by atoms with Gasteiger partial charge in [0.2, 0.25) is 11.8 Å². The number of nitrogens with zero attached hydrogens (tertiary/aromatic N) is 1. The van der Waals surface area contributed by atoms with Gasteiger partial charge in [0, 0.05) is 31.2 Å². The predicted octanol–water partition coefficient (Wildman–Crippen LogP) is 3.25. The number of rotatable bonds is 11. The molecule has 0 unspecified atom stereocenters. The van der Waals surface area contributed by atoms with E-state index in [0.717, 1.165) is 20.5 Å². The normalized spacial score (nSPS) is 18.7. The first-order valence-electron chi connectivity index (χ1n) is 12.5. The van der Waals surface area contributed by atoms with Gasteiger partial charge >= 0.3 is 0 Å². The van der Waals surface area contributed by atoms with E-state index in [1.165, 1.54) is 6.08 Å². The van der Waals surface area contributed by atoms with Crippen molar-refractivity contribution in [3.8, 4) is 11.5 Å². The molecule has 8 nitrogen and oxygen atoms in total. The lowest BCUT2D eigenvalue weighted by Crippen LogP contribution is -2.55. The van der Waals surface area contributed by atoms with Crippen LogP contribution in [0.25, 0.3) is 0 Å². The minimum atomic E-state index is -1.09. The summed E-state index contributed by atoms with van der Waals surface area (Å²) < 4.78 is 12.5. The van der Waals surface area contributed by atoms with Crippen LogP contribution in [0.3, 0.4) is 0 Å². The van der Waals surface area contributed by atoms with E-state index in [1.54, 1.807) is 24.2 Å². The van der Waals surface area contributed by atoms with E-state index in [2.05, 4.69) is 27.9 Å². The maximum atomic E-state index is 13.5. The van der Waals surface area contributed by atoms with Gasteiger partial charge in [-0.2, -0.15) is 0 Å². The summed E-state index contributed by atoms with van der Waals surface area (Å²) >= 11 is 2.15. The molecule has 204 valence electrons. The van der Waals surface area contributed by atoms with Gasteiger partial charge in [-0.1, -0.05) is 35.9 Å². The summed E-state index contributed by atoms with van der Waals surface area (Å²) in [6.07, 6.45) is 1.82. The summed E-state index contributed by atoms with van der Waals surface area (Å²) in [7, 11) is 1.60. The minimum absolute atomic E-state index is 0.0969. The number of para-hydroxylation sites is 2. The molecule has 0 spiro atoms. The van der Waals surface area contributed by atoms with E-state index in [0.29, 0.717) is 24.3 Å². The molecule has 0 aromatic heterocycles. The lowest BCUT2D eigenvalue weighted by Gasteiger charge is -2.40. The Balaban J connectivity index is 1.97. The largest absolute Gasteiger partial charge is 0.496 e. The van der Waals surface area contributed by atoms with Crippen LogP contribution in [-0.4, -0.2) is 72.0 Å². The van der Waals surface area contributed by atoms with E-state index in [-0.39, 0.29) is 31.4 Å².